The Kier molecular flexibility index (Phi) is 5.33. The Morgan fingerprint density at radius 2 is 1.86 bits per heavy atom. The Bertz CT molecular complexity index is 698. The van der Waals surface area contributed by atoms with E-state index in [1.165, 1.54) is 0 Å². The average Bonchev–Trinajstić information content (AvgIpc) is 2.50. The van der Waals surface area contributed by atoms with Gasteiger partial charge in [-0.1, -0.05) is 50.1 Å². The quantitative estimate of drug-likeness (QED) is 0.826. The summed E-state index contributed by atoms with van der Waals surface area (Å²) in [4.78, 5) is 0.288. The predicted octanol–water partition coefficient (Wildman–Crippen LogP) is 2.64. The molecule has 0 aromatic heterocycles. The van der Waals surface area contributed by atoms with Gasteiger partial charge in [0.1, 0.15) is 0 Å². The van der Waals surface area contributed by atoms with Crippen LogP contribution in [0.15, 0.2) is 47.4 Å². The summed E-state index contributed by atoms with van der Waals surface area (Å²) in [6, 6.07) is 12.7. The molecule has 2 rings (SSSR count). The number of hydrogen-bond donors (Lipinski definition) is 2. The molecule has 0 spiro atoms. The van der Waals surface area contributed by atoms with Crippen molar-refractivity contribution in [1.82, 2.24) is 4.72 Å². The number of unbranched alkanes of at least 4 members (excludes halogenated alkanes) is 1. The summed E-state index contributed by atoms with van der Waals surface area (Å²) in [5.41, 5.74) is 5.66. The van der Waals surface area contributed by atoms with E-state index in [1.807, 2.05) is 30.3 Å². The highest BCUT2D eigenvalue weighted by atomic mass is 32.2. The molecule has 0 heterocycles. The largest absolute Gasteiger partial charge is 0.329 e. The van der Waals surface area contributed by atoms with Crippen LogP contribution in [0.4, 0.5) is 0 Å². The molecule has 0 fully saturated rings. The fourth-order valence-electron chi connectivity index (χ4n) is 2.30. The minimum absolute atomic E-state index is 0.207. The van der Waals surface area contributed by atoms with Gasteiger partial charge in [-0.3, -0.25) is 0 Å². The second-order valence-corrected chi connectivity index (χ2v) is 6.92. The smallest absolute Gasteiger partial charge is 0.240 e. The molecule has 21 heavy (non-hydrogen) atoms. The van der Waals surface area contributed by atoms with Gasteiger partial charge in [-0.25, -0.2) is 13.1 Å². The van der Waals surface area contributed by atoms with Crippen LogP contribution in [0.25, 0.3) is 10.8 Å². The van der Waals surface area contributed by atoms with Crippen molar-refractivity contribution >= 4 is 20.8 Å². The zero-order valence-electron chi connectivity index (χ0n) is 12.2. The minimum atomic E-state index is -3.52. The molecule has 3 N–H and O–H groups in total. The highest BCUT2D eigenvalue weighted by molar-refractivity contribution is 7.89. The molecule has 2 aromatic carbocycles. The highest BCUT2D eigenvalue weighted by Crippen LogP contribution is 2.19. The van der Waals surface area contributed by atoms with Crippen molar-refractivity contribution in [3.8, 4) is 0 Å². The van der Waals surface area contributed by atoms with E-state index in [2.05, 4.69) is 11.6 Å². The molecule has 0 aliphatic rings. The van der Waals surface area contributed by atoms with Gasteiger partial charge in [-0.2, -0.15) is 0 Å². The summed E-state index contributed by atoms with van der Waals surface area (Å²) >= 11 is 0. The average molecular weight is 306 g/mol. The van der Waals surface area contributed by atoms with Crippen molar-refractivity contribution in [2.24, 2.45) is 5.73 Å². The van der Waals surface area contributed by atoms with Gasteiger partial charge < -0.3 is 5.73 Å². The summed E-state index contributed by atoms with van der Waals surface area (Å²) < 4.78 is 27.6. The molecule has 0 aliphatic carbocycles. The van der Waals surface area contributed by atoms with Crippen LogP contribution in [-0.2, 0) is 10.0 Å². The second kappa shape index (κ2) is 7.02. The second-order valence-electron chi connectivity index (χ2n) is 5.21. The Hall–Kier alpha value is -1.43. The predicted molar refractivity (Wildman–Crippen MR) is 86.6 cm³/mol. The topological polar surface area (TPSA) is 72.2 Å². The summed E-state index contributed by atoms with van der Waals surface area (Å²) in [6.45, 7) is 2.39. The van der Waals surface area contributed by atoms with Crippen LogP contribution in [0, 0.1) is 0 Å². The van der Waals surface area contributed by atoms with Crippen molar-refractivity contribution in [1.29, 1.82) is 0 Å². The molecule has 0 saturated carbocycles. The standard InChI is InChI=1S/C16H22N2O2S/c1-2-3-8-15(12-17)18-21(19,20)16-10-9-13-6-4-5-7-14(13)11-16/h4-7,9-11,15,18H,2-3,8,12,17H2,1H3. The zero-order chi connectivity index (χ0) is 15.3. The normalized spacial score (nSPS) is 13.4. The molecule has 114 valence electrons. The Balaban J connectivity index is 2.24. The number of rotatable bonds is 7. The lowest BCUT2D eigenvalue weighted by atomic mass is 10.1. The molecule has 0 amide bonds. The Morgan fingerprint density at radius 1 is 1.14 bits per heavy atom. The van der Waals surface area contributed by atoms with Crippen LogP contribution in [-0.4, -0.2) is 21.0 Å². The monoisotopic (exact) mass is 306 g/mol. The summed E-state index contributed by atoms with van der Waals surface area (Å²) in [7, 11) is -3.52. The van der Waals surface area contributed by atoms with Crippen molar-refractivity contribution in [2.75, 3.05) is 6.54 Å². The maximum Gasteiger partial charge on any atom is 0.240 e. The van der Waals surface area contributed by atoms with Gasteiger partial charge in [-0.05, 0) is 29.3 Å². The van der Waals surface area contributed by atoms with E-state index in [0.29, 0.717) is 6.54 Å². The summed E-state index contributed by atoms with van der Waals surface area (Å²) in [5.74, 6) is 0. The van der Waals surface area contributed by atoms with E-state index < -0.39 is 10.0 Å². The van der Waals surface area contributed by atoms with E-state index in [9.17, 15) is 8.42 Å². The number of sulfonamides is 1. The lowest BCUT2D eigenvalue weighted by Crippen LogP contribution is -2.40. The van der Waals surface area contributed by atoms with Crippen LogP contribution in [0.5, 0.6) is 0 Å². The highest BCUT2D eigenvalue weighted by Gasteiger charge is 2.19. The lowest BCUT2D eigenvalue weighted by Gasteiger charge is -2.16. The molecule has 5 heteroatoms. The molecule has 2 aromatic rings. The first-order chi connectivity index (χ1) is 10.1. The van der Waals surface area contributed by atoms with Gasteiger partial charge in [0.25, 0.3) is 0 Å². The summed E-state index contributed by atoms with van der Waals surface area (Å²) in [5, 5.41) is 1.94. The van der Waals surface area contributed by atoms with Gasteiger partial charge in [0.15, 0.2) is 0 Å². The lowest BCUT2D eigenvalue weighted by molar-refractivity contribution is 0.516. The number of hydrogen-bond acceptors (Lipinski definition) is 3. The van der Waals surface area contributed by atoms with Crippen molar-refractivity contribution in [2.45, 2.75) is 37.1 Å². The molecule has 0 bridgehead atoms. The SMILES string of the molecule is CCCCC(CN)NS(=O)(=O)c1ccc2ccccc2c1. The van der Waals surface area contributed by atoms with E-state index in [-0.39, 0.29) is 10.9 Å². The third-order valence-corrected chi connectivity index (χ3v) is 5.06. The van der Waals surface area contributed by atoms with E-state index in [4.69, 9.17) is 5.73 Å². The zero-order valence-corrected chi connectivity index (χ0v) is 13.1. The van der Waals surface area contributed by atoms with Gasteiger partial charge in [0.2, 0.25) is 10.0 Å². The maximum absolute atomic E-state index is 12.4. The number of nitrogens with one attached hydrogen (secondary N) is 1. The van der Waals surface area contributed by atoms with Crippen molar-refractivity contribution < 1.29 is 8.42 Å². The molecular weight excluding hydrogens is 284 g/mol. The van der Waals surface area contributed by atoms with Crippen LogP contribution in [0.1, 0.15) is 26.2 Å². The van der Waals surface area contributed by atoms with Crippen LogP contribution in [0.2, 0.25) is 0 Å². The van der Waals surface area contributed by atoms with Crippen molar-refractivity contribution in [3.63, 3.8) is 0 Å². The first-order valence-electron chi connectivity index (χ1n) is 7.28. The Morgan fingerprint density at radius 3 is 2.52 bits per heavy atom. The minimum Gasteiger partial charge on any atom is -0.329 e. The first-order valence-corrected chi connectivity index (χ1v) is 8.76. The van der Waals surface area contributed by atoms with Gasteiger partial charge >= 0.3 is 0 Å². The molecule has 4 nitrogen and oxygen atoms in total. The number of benzene rings is 2. The number of fused-ring (bicyclic) bond motifs is 1. The van der Waals surface area contributed by atoms with Crippen LogP contribution in [0.3, 0.4) is 0 Å². The molecule has 1 unspecified atom stereocenters. The third kappa shape index (κ3) is 4.03. The van der Waals surface area contributed by atoms with Gasteiger partial charge in [0.05, 0.1) is 4.90 Å². The number of nitrogens with two attached hydrogens (primary N) is 1. The molecule has 0 aliphatic heterocycles. The molecule has 0 saturated heterocycles. The third-order valence-electron chi connectivity index (χ3n) is 3.54. The molecule has 0 radical (unpaired) electrons. The van der Waals surface area contributed by atoms with Crippen LogP contribution < -0.4 is 10.5 Å². The van der Waals surface area contributed by atoms with Crippen LogP contribution >= 0.6 is 0 Å². The van der Waals surface area contributed by atoms with Gasteiger partial charge in [-0.15, -0.1) is 0 Å². The summed E-state index contributed by atoms with van der Waals surface area (Å²) in [6.07, 6.45) is 2.75. The maximum atomic E-state index is 12.4. The van der Waals surface area contributed by atoms with E-state index in [0.717, 1.165) is 30.0 Å². The van der Waals surface area contributed by atoms with E-state index in [1.54, 1.807) is 12.1 Å². The molecule has 1 atom stereocenters. The Labute approximate surface area is 126 Å². The fourth-order valence-corrected chi connectivity index (χ4v) is 3.62. The first kappa shape index (κ1) is 15.9. The fraction of sp³-hybridized carbons (Fsp3) is 0.375. The van der Waals surface area contributed by atoms with E-state index >= 15 is 0 Å². The van der Waals surface area contributed by atoms with Crippen molar-refractivity contribution in [3.05, 3.63) is 42.5 Å². The molecular formula is C16H22N2O2S. The van der Waals surface area contributed by atoms with Gasteiger partial charge in [0, 0.05) is 12.6 Å².